The lowest BCUT2D eigenvalue weighted by atomic mass is 10.00. The van der Waals surface area contributed by atoms with Gasteiger partial charge in [-0.2, -0.15) is 10.5 Å². The molecule has 0 radical (unpaired) electrons. The molecule has 208 valence electrons. The maximum atomic E-state index is 10.0. The molecule has 1 aliphatic carbocycles. The van der Waals surface area contributed by atoms with Crippen molar-refractivity contribution in [1.29, 1.82) is 10.5 Å². The van der Waals surface area contributed by atoms with Crippen molar-refractivity contribution in [2.75, 3.05) is 10.6 Å². The lowest BCUT2D eigenvalue weighted by Gasteiger charge is -2.23. The highest BCUT2D eigenvalue weighted by molar-refractivity contribution is 6.36. The van der Waals surface area contributed by atoms with E-state index in [1.54, 1.807) is 41.3 Å². The summed E-state index contributed by atoms with van der Waals surface area (Å²) in [5, 5.41) is 35.8. The molecule has 9 nitrogen and oxygen atoms in total. The molecule has 3 aromatic heterocycles. The van der Waals surface area contributed by atoms with Crippen LogP contribution in [0.4, 0.5) is 11.4 Å². The number of fused-ring (bicyclic) bond motifs is 1. The summed E-state index contributed by atoms with van der Waals surface area (Å²) in [6, 6.07) is 19.4. The molecule has 42 heavy (non-hydrogen) atoms. The van der Waals surface area contributed by atoms with E-state index >= 15 is 0 Å². The molecule has 0 amide bonds. The molecule has 11 heteroatoms. The summed E-state index contributed by atoms with van der Waals surface area (Å²) in [5.74, 6) is 0. The number of hydrogen-bond donors (Lipinski definition) is 2. The van der Waals surface area contributed by atoms with Crippen molar-refractivity contribution in [2.24, 2.45) is 0 Å². The van der Waals surface area contributed by atoms with Crippen molar-refractivity contribution in [3.8, 4) is 12.1 Å². The fraction of sp³-hybridized carbons (Fsp3) is 0.226. The first-order chi connectivity index (χ1) is 20.9. The molecule has 2 atom stereocenters. The van der Waals surface area contributed by atoms with Gasteiger partial charge < -0.3 is 10.6 Å². The van der Waals surface area contributed by atoms with Gasteiger partial charge in [-0.1, -0.05) is 64.8 Å². The molecule has 2 N–H and O–H groups in total. The molecule has 0 spiro atoms. The number of nitrogens with zero attached hydrogens (tertiary/aromatic N) is 7. The minimum atomic E-state index is -1.68. The summed E-state index contributed by atoms with van der Waals surface area (Å²) < 4.78 is 11.4. The van der Waals surface area contributed by atoms with Gasteiger partial charge in [0.25, 0.3) is 0 Å². The molecular weight excluding hydrogens is 569 g/mol. The van der Waals surface area contributed by atoms with Crippen LogP contribution in [0.1, 0.15) is 67.5 Å². The largest absolute Gasteiger partial charge is 0.377 e. The van der Waals surface area contributed by atoms with Gasteiger partial charge in [0.2, 0.25) is 0 Å². The fourth-order valence-corrected chi connectivity index (χ4v) is 5.34. The van der Waals surface area contributed by atoms with E-state index in [9.17, 15) is 11.9 Å². The minimum absolute atomic E-state index is 0.150. The van der Waals surface area contributed by atoms with Gasteiger partial charge in [0, 0.05) is 35.5 Å². The van der Waals surface area contributed by atoms with Gasteiger partial charge in [0.15, 0.2) is 0 Å². The second kappa shape index (κ2) is 12.0. The van der Waals surface area contributed by atoms with E-state index in [4.69, 9.17) is 23.2 Å². The Morgan fingerprint density at radius 3 is 2.64 bits per heavy atom. The predicted molar refractivity (Wildman–Crippen MR) is 162 cm³/mol. The maximum absolute atomic E-state index is 10.0. The van der Waals surface area contributed by atoms with Crippen LogP contribution in [0.2, 0.25) is 10.2 Å². The SMILES string of the molecule is [2H]C(Nc1cc(Cl)c2ncc(C#N)c(NC(CCC#N)c3ccccc3)c2c1)(c1cn(C2CC2)nn1)c1cccnc1Cl. The number of nitriles is 2. The molecule has 3 heterocycles. The number of anilines is 2. The van der Waals surface area contributed by atoms with Crippen molar-refractivity contribution in [1.82, 2.24) is 25.0 Å². The quantitative estimate of drug-likeness (QED) is 0.160. The first-order valence-corrected chi connectivity index (χ1v) is 14.2. The van der Waals surface area contributed by atoms with Gasteiger partial charge in [-0.15, -0.1) is 5.10 Å². The number of aromatic nitrogens is 5. The van der Waals surface area contributed by atoms with Crippen molar-refractivity contribution in [3.05, 3.63) is 106 Å². The number of hydrogen-bond acceptors (Lipinski definition) is 8. The number of nitrogens with one attached hydrogen (secondary N) is 2. The molecule has 0 bridgehead atoms. The van der Waals surface area contributed by atoms with Crippen LogP contribution < -0.4 is 10.6 Å². The Hall–Kier alpha value is -4.70. The standard InChI is InChI=1S/C31H25Cl2N9/c32-25-15-21(38-30(23-8-5-13-36-31(23)33)27-18-42(41-40-27)22-10-11-22)14-24-28(20(16-35)17-37-29(24)25)39-26(9-4-12-34)19-6-2-1-3-7-19/h1-3,5-8,13-15,17-18,22,26,30,38H,4,9-11H2,(H,37,39)/i30D. The Morgan fingerprint density at radius 1 is 1.07 bits per heavy atom. The average molecular weight is 596 g/mol. The second-order valence-electron chi connectivity index (χ2n) is 9.97. The first kappa shape index (κ1) is 26.2. The number of benzene rings is 2. The van der Waals surface area contributed by atoms with Gasteiger partial charge in [0.1, 0.15) is 22.9 Å². The van der Waals surface area contributed by atoms with Crippen molar-refractivity contribution in [2.45, 2.75) is 43.8 Å². The zero-order valence-electron chi connectivity index (χ0n) is 23.3. The third-order valence-corrected chi connectivity index (χ3v) is 7.69. The lowest BCUT2D eigenvalue weighted by molar-refractivity contribution is 0.610. The molecule has 5 aromatic rings. The van der Waals surface area contributed by atoms with E-state index in [1.807, 2.05) is 30.3 Å². The first-order valence-electron chi connectivity index (χ1n) is 13.9. The molecule has 1 fully saturated rings. The zero-order chi connectivity index (χ0) is 30.0. The molecule has 6 rings (SSSR count). The van der Waals surface area contributed by atoms with E-state index in [0.29, 0.717) is 57.0 Å². The Labute approximate surface area is 254 Å². The third-order valence-electron chi connectivity index (χ3n) is 7.10. The Morgan fingerprint density at radius 2 is 1.90 bits per heavy atom. The lowest BCUT2D eigenvalue weighted by Crippen LogP contribution is -2.15. The van der Waals surface area contributed by atoms with Crippen LogP contribution in [-0.2, 0) is 0 Å². The van der Waals surface area contributed by atoms with Crippen LogP contribution in [-0.4, -0.2) is 25.0 Å². The highest BCUT2D eigenvalue weighted by atomic mass is 35.5. The minimum Gasteiger partial charge on any atom is -0.377 e. The van der Waals surface area contributed by atoms with Gasteiger partial charge in [-0.25, -0.2) is 9.67 Å². The number of pyridine rings is 2. The summed E-state index contributed by atoms with van der Waals surface area (Å²) in [6.45, 7) is 0. The molecule has 0 saturated heterocycles. The van der Waals surface area contributed by atoms with Crippen LogP contribution in [0.3, 0.4) is 0 Å². The highest BCUT2D eigenvalue weighted by Gasteiger charge is 2.28. The average Bonchev–Trinajstić information content (AvgIpc) is 3.75. The van der Waals surface area contributed by atoms with Gasteiger partial charge >= 0.3 is 0 Å². The maximum Gasteiger partial charge on any atom is 0.134 e. The fourth-order valence-electron chi connectivity index (χ4n) is 4.86. The Bertz CT molecular complexity index is 1880. The smallest absolute Gasteiger partial charge is 0.134 e. The monoisotopic (exact) mass is 594 g/mol. The molecule has 1 saturated carbocycles. The van der Waals surface area contributed by atoms with E-state index in [0.717, 1.165) is 18.4 Å². The Balaban J connectivity index is 1.47. The van der Waals surface area contributed by atoms with E-state index in [1.165, 1.54) is 6.20 Å². The predicted octanol–water partition coefficient (Wildman–Crippen LogP) is 7.39. The zero-order valence-corrected chi connectivity index (χ0v) is 23.8. The van der Waals surface area contributed by atoms with Crippen LogP contribution in [0.25, 0.3) is 10.9 Å². The summed E-state index contributed by atoms with van der Waals surface area (Å²) >= 11 is 13.3. The van der Waals surface area contributed by atoms with Crippen molar-refractivity contribution >= 4 is 45.5 Å². The number of halogens is 2. The van der Waals surface area contributed by atoms with Crippen LogP contribution in [0.5, 0.6) is 0 Å². The topological polar surface area (TPSA) is 128 Å². The van der Waals surface area contributed by atoms with Gasteiger partial charge in [-0.3, -0.25) is 4.98 Å². The second-order valence-corrected chi connectivity index (χ2v) is 10.7. The van der Waals surface area contributed by atoms with E-state index in [2.05, 4.69) is 43.1 Å². The van der Waals surface area contributed by atoms with Crippen LogP contribution in [0, 0.1) is 22.7 Å². The Kier molecular flexibility index (Phi) is 7.51. The van der Waals surface area contributed by atoms with Crippen molar-refractivity contribution < 1.29 is 1.37 Å². The summed E-state index contributed by atoms with van der Waals surface area (Å²) in [4.78, 5) is 8.68. The third kappa shape index (κ3) is 5.71. The van der Waals surface area contributed by atoms with E-state index < -0.39 is 6.02 Å². The molecule has 2 unspecified atom stereocenters. The van der Waals surface area contributed by atoms with Gasteiger partial charge in [0.05, 0.1) is 47.5 Å². The number of rotatable bonds is 10. The molecular formula is C31H25Cl2N9. The molecule has 0 aliphatic heterocycles. The normalized spacial score (nSPS) is 15.2. The van der Waals surface area contributed by atoms with Crippen molar-refractivity contribution in [3.63, 3.8) is 0 Å². The van der Waals surface area contributed by atoms with Crippen LogP contribution in [0.15, 0.2) is 73.2 Å². The van der Waals surface area contributed by atoms with E-state index in [-0.39, 0.29) is 17.2 Å². The molecule has 1 aliphatic rings. The summed E-state index contributed by atoms with van der Waals surface area (Å²) in [7, 11) is 0. The summed E-state index contributed by atoms with van der Waals surface area (Å²) in [6.07, 6.45) is 7.66. The van der Waals surface area contributed by atoms with Crippen LogP contribution >= 0.6 is 23.2 Å². The summed E-state index contributed by atoms with van der Waals surface area (Å²) in [5.41, 5.74) is 3.50. The highest BCUT2D eigenvalue weighted by Crippen LogP contribution is 2.39. The van der Waals surface area contributed by atoms with Gasteiger partial charge in [-0.05, 0) is 43.0 Å². The molecule has 2 aromatic carbocycles.